The minimum Gasteiger partial charge on any atom is -0.363 e. The fourth-order valence-corrected chi connectivity index (χ4v) is 2.38. The van der Waals surface area contributed by atoms with Crippen molar-refractivity contribution in [2.45, 2.75) is 27.3 Å². The molecule has 18 heavy (non-hydrogen) atoms. The third-order valence-corrected chi connectivity index (χ3v) is 3.38. The van der Waals surface area contributed by atoms with E-state index in [0.717, 1.165) is 22.0 Å². The largest absolute Gasteiger partial charge is 0.363 e. The lowest BCUT2D eigenvalue weighted by atomic mass is 10.1. The predicted molar refractivity (Wildman–Crippen MR) is 72.6 cm³/mol. The normalized spacial score (nSPS) is 10.1. The van der Waals surface area contributed by atoms with Gasteiger partial charge < -0.3 is 5.32 Å². The van der Waals surface area contributed by atoms with Gasteiger partial charge in [0.05, 0.1) is 22.8 Å². The van der Waals surface area contributed by atoms with Crippen LogP contribution < -0.4 is 5.32 Å². The van der Waals surface area contributed by atoms with Gasteiger partial charge in [0.25, 0.3) is 0 Å². The number of aryl methyl sites for hydroxylation is 3. The van der Waals surface area contributed by atoms with E-state index < -0.39 is 0 Å². The Balaban J connectivity index is 2.21. The Kier molecular flexibility index (Phi) is 3.58. The first-order valence-corrected chi connectivity index (χ1v) is 6.51. The van der Waals surface area contributed by atoms with Crippen LogP contribution in [-0.4, -0.2) is 9.97 Å². The average molecular weight is 258 g/mol. The molecule has 2 aromatic heterocycles. The number of hydrogen-bond donors (Lipinski definition) is 1. The van der Waals surface area contributed by atoms with Crippen molar-refractivity contribution in [3.8, 4) is 6.07 Å². The number of aromatic nitrogens is 2. The fourth-order valence-electron chi connectivity index (χ4n) is 1.77. The number of hydrogen-bond acceptors (Lipinski definition) is 5. The maximum atomic E-state index is 9.15. The predicted octanol–water partition coefficient (Wildman–Crippen LogP) is 2.95. The molecular formula is C13H14N4S. The molecule has 0 aromatic carbocycles. The van der Waals surface area contributed by atoms with Crippen molar-refractivity contribution in [1.29, 1.82) is 5.26 Å². The summed E-state index contributed by atoms with van der Waals surface area (Å²) in [6, 6.07) is 4.10. The van der Waals surface area contributed by atoms with E-state index in [2.05, 4.69) is 21.4 Å². The Morgan fingerprint density at radius 1 is 1.33 bits per heavy atom. The molecule has 5 heteroatoms. The molecule has 0 unspecified atom stereocenters. The average Bonchev–Trinajstić information content (AvgIpc) is 2.72. The van der Waals surface area contributed by atoms with Crippen molar-refractivity contribution in [2.24, 2.45) is 0 Å². The highest BCUT2D eigenvalue weighted by Gasteiger charge is 2.08. The Bertz CT molecular complexity index is 610. The summed E-state index contributed by atoms with van der Waals surface area (Å²) in [5.74, 6) is 0.639. The van der Waals surface area contributed by atoms with Crippen LogP contribution in [0.1, 0.15) is 27.5 Å². The minimum atomic E-state index is 0.592. The van der Waals surface area contributed by atoms with Crippen LogP contribution >= 0.6 is 11.3 Å². The maximum absolute atomic E-state index is 9.15. The molecule has 2 aromatic rings. The van der Waals surface area contributed by atoms with Crippen LogP contribution in [0.5, 0.6) is 0 Å². The molecular weight excluding hydrogens is 244 g/mol. The van der Waals surface area contributed by atoms with Gasteiger partial charge in [0.15, 0.2) is 0 Å². The number of rotatable bonds is 3. The van der Waals surface area contributed by atoms with Gasteiger partial charge in [-0.15, -0.1) is 11.3 Å². The summed E-state index contributed by atoms with van der Waals surface area (Å²) in [6.45, 7) is 6.41. The quantitative estimate of drug-likeness (QED) is 0.919. The van der Waals surface area contributed by atoms with Gasteiger partial charge in [0.1, 0.15) is 11.9 Å². The summed E-state index contributed by atoms with van der Waals surface area (Å²) in [7, 11) is 0. The highest BCUT2D eigenvalue weighted by molar-refractivity contribution is 7.09. The Morgan fingerprint density at radius 2 is 2.11 bits per heavy atom. The number of nitrogens with zero attached hydrogens (tertiary/aromatic N) is 3. The SMILES string of the molecule is Cc1cc(C)c(C#N)c(NCc2csc(C)n2)n1. The maximum Gasteiger partial charge on any atom is 0.144 e. The second-order valence-electron chi connectivity index (χ2n) is 4.13. The second kappa shape index (κ2) is 5.15. The monoisotopic (exact) mass is 258 g/mol. The van der Waals surface area contributed by atoms with Crippen LogP contribution in [0.15, 0.2) is 11.4 Å². The van der Waals surface area contributed by atoms with E-state index in [0.29, 0.717) is 17.9 Å². The Morgan fingerprint density at radius 3 is 2.72 bits per heavy atom. The summed E-state index contributed by atoms with van der Waals surface area (Å²) in [6.07, 6.45) is 0. The zero-order valence-corrected chi connectivity index (χ0v) is 11.4. The van der Waals surface area contributed by atoms with Crippen molar-refractivity contribution in [2.75, 3.05) is 5.32 Å². The van der Waals surface area contributed by atoms with Gasteiger partial charge in [0.2, 0.25) is 0 Å². The van der Waals surface area contributed by atoms with Crippen molar-refractivity contribution in [1.82, 2.24) is 9.97 Å². The molecule has 0 bridgehead atoms. The molecule has 0 radical (unpaired) electrons. The molecule has 0 amide bonds. The number of thiazole rings is 1. The van der Waals surface area contributed by atoms with Gasteiger partial charge in [0, 0.05) is 11.1 Å². The Hall–Kier alpha value is -1.93. The highest BCUT2D eigenvalue weighted by Crippen LogP contribution is 2.18. The van der Waals surface area contributed by atoms with Crippen LogP contribution in [0.2, 0.25) is 0 Å². The lowest BCUT2D eigenvalue weighted by Gasteiger charge is -2.09. The van der Waals surface area contributed by atoms with Crippen LogP contribution in [-0.2, 0) is 6.54 Å². The van der Waals surface area contributed by atoms with Crippen LogP contribution in [0.4, 0.5) is 5.82 Å². The molecule has 2 rings (SSSR count). The van der Waals surface area contributed by atoms with E-state index in [1.807, 2.05) is 32.2 Å². The van der Waals surface area contributed by atoms with Crippen molar-refractivity contribution < 1.29 is 0 Å². The molecule has 0 spiro atoms. The van der Waals surface area contributed by atoms with E-state index in [4.69, 9.17) is 5.26 Å². The molecule has 0 aliphatic rings. The smallest absolute Gasteiger partial charge is 0.144 e. The first-order valence-electron chi connectivity index (χ1n) is 5.63. The number of anilines is 1. The summed E-state index contributed by atoms with van der Waals surface area (Å²) >= 11 is 1.62. The summed E-state index contributed by atoms with van der Waals surface area (Å²) in [4.78, 5) is 8.74. The van der Waals surface area contributed by atoms with Crippen LogP contribution in [0.25, 0.3) is 0 Å². The fraction of sp³-hybridized carbons (Fsp3) is 0.308. The van der Waals surface area contributed by atoms with E-state index in [1.54, 1.807) is 11.3 Å². The molecule has 92 valence electrons. The summed E-state index contributed by atoms with van der Waals surface area (Å²) in [5.41, 5.74) is 3.43. The van der Waals surface area contributed by atoms with Gasteiger partial charge in [-0.05, 0) is 32.4 Å². The third kappa shape index (κ3) is 2.66. The molecule has 2 heterocycles. The molecule has 0 atom stereocenters. The molecule has 0 fully saturated rings. The molecule has 0 aliphatic heterocycles. The van der Waals surface area contributed by atoms with Gasteiger partial charge in [-0.2, -0.15) is 5.26 Å². The first kappa shape index (κ1) is 12.5. The second-order valence-corrected chi connectivity index (χ2v) is 5.19. The van der Waals surface area contributed by atoms with Crippen molar-refractivity contribution in [3.63, 3.8) is 0 Å². The first-order chi connectivity index (χ1) is 8.60. The number of nitriles is 1. The standard InChI is InChI=1S/C13H14N4S/c1-8-4-9(2)16-13(12(8)5-14)15-6-11-7-18-10(3)17-11/h4,7H,6H2,1-3H3,(H,15,16). The van der Waals surface area contributed by atoms with Gasteiger partial charge in [-0.1, -0.05) is 0 Å². The molecule has 1 N–H and O–H groups in total. The van der Waals surface area contributed by atoms with Gasteiger partial charge in [-0.25, -0.2) is 9.97 Å². The van der Waals surface area contributed by atoms with E-state index in [-0.39, 0.29) is 0 Å². The van der Waals surface area contributed by atoms with Gasteiger partial charge in [-0.3, -0.25) is 0 Å². The Labute approximate surface area is 110 Å². The van der Waals surface area contributed by atoms with E-state index in [1.165, 1.54) is 0 Å². The van der Waals surface area contributed by atoms with Crippen LogP contribution in [0.3, 0.4) is 0 Å². The zero-order chi connectivity index (χ0) is 13.1. The summed E-state index contributed by atoms with van der Waals surface area (Å²) < 4.78 is 0. The molecule has 4 nitrogen and oxygen atoms in total. The van der Waals surface area contributed by atoms with Crippen molar-refractivity contribution >= 4 is 17.2 Å². The molecule has 0 saturated carbocycles. The number of nitrogens with one attached hydrogen (secondary N) is 1. The lowest BCUT2D eigenvalue weighted by molar-refractivity contribution is 1.02. The number of pyridine rings is 1. The van der Waals surface area contributed by atoms with E-state index >= 15 is 0 Å². The van der Waals surface area contributed by atoms with Crippen LogP contribution in [0, 0.1) is 32.1 Å². The zero-order valence-electron chi connectivity index (χ0n) is 10.6. The van der Waals surface area contributed by atoms with E-state index in [9.17, 15) is 0 Å². The lowest BCUT2D eigenvalue weighted by Crippen LogP contribution is -2.06. The van der Waals surface area contributed by atoms with Gasteiger partial charge >= 0.3 is 0 Å². The highest BCUT2D eigenvalue weighted by atomic mass is 32.1. The summed E-state index contributed by atoms with van der Waals surface area (Å²) in [5, 5.41) is 15.4. The molecule has 0 saturated heterocycles. The topological polar surface area (TPSA) is 61.6 Å². The van der Waals surface area contributed by atoms with Crippen molar-refractivity contribution in [3.05, 3.63) is 39.0 Å². The third-order valence-electron chi connectivity index (χ3n) is 2.56. The minimum absolute atomic E-state index is 0.592. The molecule has 0 aliphatic carbocycles.